The molecule has 4 rings (SSSR count). The topological polar surface area (TPSA) is 98.6 Å². The lowest BCUT2D eigenvalue weighted by molar-refractivity contribution is -0.146. The molecule has 1 aliphatic carbocycles. The van der Waals surface area contributed by atoms with Crippen LogP contribution >= 0.6 is 11.3 Å². The van der Waals surface area contributed by atoms with Crippen molar-refractivity contribution >= 4 is 28.8 Å². The van der Waals surface area contributed by atoms with Crippen molar-refractivity contribution in [1.29, 1.82) is 0 Å². The molecule has 0 saturated carbocycles. The molecule has 0 spiro atoms. The number of rotatable bonds is 5. The van der Waals surface area contributed by atoms with Gasteiger partial charge in [0.2, 0.25) is 5.78 Å². The van der Waals surface area contributed by atoms with Crippen molar-refractivity contribution in [3.63, 3.8) is 0 Å². The maximum atomic E-state index is 12.9. The monoisotopic (exact) mass is 414 g/mol. The van der Waals surface area contributed by atoms with Crippen LogP contribution in [0.3, 0.4) is 0 Å². The molecule has 152 valence electrons. The first-order valence-corrected chi connectivity index (χ1v) is 10.5. The number of aliphatic hydroxyl groups excluding tert-OH is 1. The van der Waals surface area contributed by atoms with Crippen LogP contribution < -0.4 is 0 Å². The Labute approximate surface area is 172 Å². The standard InChI is InChI=1S/C21H22N2O5S/c1-12-4-5-13(10-22-12)19(25)15-6-7-16-21(20(15)26)29-17(23-16)9-18(24)28-11-14-3-2-8-27-14/h4-5,10,14,25H,2-3,6-9,11H2,1H3. The highest BCUT2D eigenvalue weighted by atomic mass is 32.1. The molecule has 1 saturated heterocycles. The van der Waals surface area contributed by atoms with Gasteiger partial charge in [-0.25, -0.2) is 4.98 Å². The number of carbonyl (C=O) groups is 2. The second kappa shape index (κ2) is 8.42. The molecule has 2 aromatic heterocycles. The number of ether oxygens (including phenoxy) is 2. The normalized spacial score (nSPS) is 20.4. The van der Waals surface area contributed by atoms with Crippen molar-refractivity contribution in [3.8, 4) is 0 Å². The molecule has 2 aliphatic rings. The minimum Gasteiger partial charge on any atom is -0.507 e. The van der Waals surface area contributed by atoms with E-state index in [9.17, 15) is 14.7 Å². The number of fused-ring (bicyclic) bond motifs is 1. The van der Waals surface area contributed by atoms with Gasteiger partial charge in [0.15, 0.2) is 0 Å². The first-order chi connectivity index (χ1) is 14.0. The van der Waals surface area contributed by atoms with Crippen LogP contribution in [0.4, 0.5) is 0 Å². The molecule has 1 fully saturated rings. The molecule has 1 unspecified atom stereocenters. The second-order valence-electron chi connectivity index (χ2n) is 7.22. The molecule has 1 atom stereocenters. The number of thiazole rings is 1. The zero-order valence-corrected chi connectivity index (χ0v) is 17.0. The number of esters is 1. The van der Waals surface area contributed by atoms with Gasteiger partial charge in [0.1, 0.15) is 17.4 Å². The number of carbonyl (C=O) groups excluding carboxylic acids is 2. The summed E-state index contributed by atoms with van der Waals surface area (Å²) in [6.07, 6.45) is 4.41. The van der Waals surface area contributed by atoms with Gasteiger partial charge in [-0.1, -0.05) is 0 Å². The lowest BCUT2D eigenvalue weighted by Gasteiger charge is -2.14. The summed E-state index contributed by atoms with van der Waals surface area (Å²) in [5, 5.41) is 11.1. The molecular formula is C21H22N2O5S. The zero-order valence-electron chi connectivity index (χ0n) is 16.1. The average Bonchev–Trinajstić information content (AvgIpc) is 3.36. The van der Waals surface area contributed by atoms with E-state index in [0.717, 1.165) is 18.5 Å². The number of ketones is 1. The minimum atomic E-state index is -0.372. The van der Waals surface area contributed by atoms with Gasteiger partial charge in [-0.2, -0.15) is 0 Å². The Hall–Kier alpha value is -2.58. The van der Waals surface area contributed by atoms with Crippen molar-refractivity contribution < 1.29 is 24.2 Å². The van der Waals surface area contributed by atoms with Crippen LogP contribution in [-0.2, 0) is 27.1 Å². The summed E-state index contributed by atoms with van der Waals surface area (Å²) in [4.78, 5) is 34.1. The van der Waals surface area contributed by atoms with Crippen molar-refractivity contribution in [2.75, 3.05) is 13.2 Å². The van der Waals surface area contributed by atoms with Crippen LogP contribution in [0.1, 0.15) is 50.9 Å². The predicted molar refractivity (Wildman–Crippen MR) is 107 cm³/mol. The summed E-state index contributed by atoms with van der Waals surface area (Å²) in [5.74, 6) is -0.650. The van der Waals surface area contributed by atoms with Crippen molar-refractivity contribution in [1.82, 2.24) is 9.97 Å². The largest absolute Gasteiger partial charge is 0.507 e. The number of Topliss-reactive ketones (excluding diaryl/α,β-unsaturated/α-hetero) is 1. The van der Waals surface area contributed by atoms with E-state index in [4.69, 9.17) is 9.47 Å². The molecule has 3 heterocycles. The Morgan fingerprint density at radius 1 is 1.38 bits per heavy atom. The minimum absolute atomic E-state index is 0.0167. The van der Waals surface area contributed by atoms with Crippen LogP contribution in [0.2, 0.25) is 0 Å². The van der Waals surface area contributed by atoms with Crippen LogP contribution in [0.25, 0.3) is 5.76 Å². The third-order valence-corrected chi connectivity index (χ3v) is 6.15. The second-order valence-corrected chi connectivity index (χ2v) is 8.31. The highest BCUT2D eigenvalue weighted by Gasteiger charge is 2.30. The summed E-state index contributed by atoms with van der Waals surface area (Å²) >= 11 is 1.20. The van der Waals surface area contributed by atoms with Gasteiger partial charge in [-0.15, -0.1) is 11.3 Å². The molecule has 7 nitrogen and oxygen atoms in total. The first kappa shape index (κ1) is 19.7. The number of nitrogens with zero attached hydrogens (tertiary/aromatic N) is 2. The third kappa shape index (κ3) is 4.38. The van der Waals surface area contributed by atoms with Gasteiger partial charge in [0.05, 0.1) is 23.1 Å². The number of hydrogen-bond acceptors (Lipinski definition) is 8. The van der Waals surface area contributed by atoms with Gasteiger partial charge in [0.25, 0.3) is 0 Å². The molecule has 8 heteroatoms. The Kier molecular flexibility index (Phi) is 5.73. The van der Waals surface area contributed by atoms with E-state index < -0.39 is 0 Å². The number of hydrogen-bond donors (Lipinski definition) is 1. The molecule has 0 amide bonds. The SMILES string of the molecule is Cc1ccc(C(O)=C2CCc3nc(CC(=O)OCC4CCCO4)sc3C2=O)cn1. The Morgan fingerprint density at radius 2 is 2.24 bits per heavy atom. The molecule has 0 aromatic carbocycles. The summed E-state index contributed by atoms with van der Waals surface area (Å²) in [6, 6.07) is 3.54. The molecule has 1 aliphatic heterocycles. The van der Waals surface area contributed by atoms with Gasteiger partial charge in [-0.05, 0) is 44.7 Å². The fraction of sp³-hybridized carbons (Fsp3) is 0.429. The summed E-state index contributed by atoms with van der Waals surface area (Å²) in [5.41, 5.74) is 2.40. The number of allylic oxidation sites excluding steroid dienone is 1. The summed E-state index contributed by atoms with van der Waals surface area (Å²) in [7, 11) is 0. The molecule has 0 radical (unpaired) electrons. The van der Waals surface area contributed by atoms with Crippen LogP contribution in [0.15, 0.2) is 23.9 Å². The van der Waals surface area contributed by atoms with E-state index >= 15 is 0 Å². The Bertz CT molecular complexity index is 958. The lowest BCUT2D eigenvalue weighted by Crippen LogP contribution is -2.18. The number of aliphatic hydroxyl groups is 1. The highest BCUT2D eigenvalue weighted by molar-refractivity contribution is 7.14. The molecular weight excluding hydrogens is 392 g/mol. The number of aromatic nitrogens is 2. The van der Waals surface area contributed by atoms with Gasteiger partial charge in [0, 0.05) is 29.6 Å². The Morgan fingerprint density at radius 3 is 2.97 bits per heavy atom. The van der Waals surface area contributed by atoms with E-state index in [1.54, 1.807) is 18.3 Å². The third-order valence-electron chi connectivity index (χ3n) is 5.05. The molecule has 1 N–H and O–H groups in total. The fourth-order valence-corrected chi connectivity index (χ4v) is 4.52. The summed E-state index contributed by atoms with van der Waals surface area (Å²) in [6.45, 7) is 2.83. The average molecular weight is 414 g/mol. The van der Waals surface area contributed by atoms with Crippen LogP contribution in [0, 0.1) is 6.92 Å². The van der Waals surface area contributed by atoms with Crippen LogP contribution in [-0.4, -0.2) is 46.1 Å². The smallest absolute Gasteiger partial charge is 0.312 e. The van der Waals surface area contributed by atoms with Gasteiger partial charge in [-0.3, -0.25) is 14.6 Å². The predicted octanol–water partition coefficient (Wildman–Crippen LogP) is 3.21. The molecule has 0 bridgehead atoms. The van der Waals surface area contributed by atoms with E-state index in [-0.39, 0.29) is 36.6 Å². The van der Waals surface area contributed by atoms with Crippen molar-refractivity contribution in [2.45, 2.75) is 45.1 Å². The van der Waals surface area contributed by atoms with E-state index in [0.29, 0.717) is 46.2 Å². The highest BCUT2D eigenvalue weighted by Crippen LogP contribution is 2.33. The number of pyridine rings is 1. The Balaban J connectivity index is 1.45. The lowest BCUT2D eigenvalue weighted by atomic mass is 9.93. The van der Waals surface area contributed by atoms with Gasteiger partial charge < -0.3 is 14.6 Å². The van der Waals surface area contributed by atoms with Gasteiger partial charge >= 0.3 is 5.97 Å². The first-order valence-electron chi connectivity index (χ1n) is 9.67. The molecule has 29 heavy (non-hydrogen) atoms. The maximum absolute atomic E-state index is 12.9. The zero-order chi connectivity index (χ0) is 20.4. The fourth-order valence-electron chi connectivity index (χ4n) is 3.46. The van der Waals surface area contributed by atoms with E-state index in [1.807, 2.05) is 6.92 Å². The maximum Gasteiger partial charge on any atom is 0.312 e. The van der Waals surface area contributed by atoms with Crippen molar-refractivity contribution in [3.05, 3.63) is 50.7 Å². The quantitative estimate of drug-likeness (QED) is 0.456. The van der Waals surface area contributed by atoms with E-state index in [1.165, 1.54) is 11.3 Å². The van der Waals surface area contributed by atoms with E-state index in [2.05, 4.69) is 9.97 Å². The summed E-state index contributed by atoms with van der Waals surface area (Å²) < 4.78 is 10.7. The van der Waals surface area contributed by atoms with Crippen molar-refractivity contribution in [2.24, 2.45) is 0 Å². The molecule has 2 aromatic rings. The van der Waals surface area contributed by atoms with Crippen LogP contribution in [0.5, 0.6) is 0 Å². The number of aryl methyl sites for hydroxylation is 2.